The van der Waals surface area contributed by atoms with Gasteiger partial charge in [-0.15, -0.1) is 0 Å². The molecule has 36 heavy (non-hydrogen) atoms. The van der Waals surface area contributed by atoms with Gasteiger partial charge in [-0.05, 0) is 37.8 Å². The Morgan fingerprint density at radius 1 is 1.22 bits per heavy atom. The van der Waals surface area contributed by atoms with Crippen LogP contribution in [0.25, 0.3) is 11.0 Å². The Hall–Kier alpha value is -2.93. The third kappa shape index (κ3) is 5.26. The molecule has 1 aliphatic carbocycles. The highest BCUT2D eigenvalue weighted by Gasteiger charge is 2.34. The summed E-state index contributed by atoms with van der Waals surface area (Å²) in [5.74, 6) is 0.757. The number of carbonyl (C=O) groups excluding carboxylic acids is 1. The minimum atomic E-state index is -0.508. The predicted octanol–water partition coefficient (Wildman–Crippen LogP) is 2.16. The molecule has 0 unspecified atom stereocenters. The summed E-state index contributed by atoms with van der Waals surface area (Å²) < 4.78 is 19.9. The molecule has 1 aliphatic heterocycles. The Morgan fingerprint density at radius 3 is 2.83 bits per heavy atom. The van der Waals surface area contributed by atoms with E-state index in [0.29, 0.717) is 40.6 Å². The van der Waals surface area contributed by atoms with E-state index in [2.05, 4.69) is 35.9 Å². The lowest BCUT2D eigenvalue weighted by molar-refractivity contribution is -0.113. The Morgan fingerprint density at radius 2 is 2.06 bits per heavy atom. The molecule has 3 heterocycles. The number of halogens is 1. The third-order valence-electron chi connectivity index (χ3n) is 6.79. The van der Waals surface area contributed by atoms with Gasteiger partial charge in [0.1, 0.15) is 16.4 Å². The second kappa shape index (κ2) is 10.6. The van der Waals surface area contributed by atoms with Crippen molar-refractivity contribution in [2.75, 3.05) is 24.8 Å². The van der Waals surface area contributed by atoms with Gasteiger partial charge < -0.3 is 25.8 Å². The largest absolute Gasteiger partial charge is 0.480 e. The SMILES string of the molecule is COc1cnc2ccc(F)c(CNC3(CO)CCC(NCc4cnc5c(n4)NC(=O)CS5)CC3)c2n1. The van der Waals surface area contributed by atoms with E-state index in [9.17, 15) is 14.3 Å². The normalized spacial score (nSPS) is 21.8. The fraction of sp³-hybridized carbons (Fsp3) is 0.458. The third-order valence-corrected chi connectivity index (χ3v) is 7.77. The number of anilines is 1. The number of nitrogens with one attached hydrogen (secondary N) is 3. The van der Waals surface area contributed by atoms with Crippen molar-refractivity contribution in [1.29, 1.82) is 0 Å². The van der Waals surface area contributed by atoms with E-state index in [0.717, 1.165) is 36.4 Å². The molecule has 5 rings (SSSR count). The number of aromatic nitrogens is 4. The van der Waals surface area contributed by atoms with Gasteiger partial charge in [0.25, 0.3) is 0 Å². The van der Waals surface area contributed by atoms with Crippen molar-refractivity contribution in [2.24, 2.45) is 0 Å². The van der Waals surface area contributed by atoms with Gasteiger partial charge in [-0.2, -0.15) is 0 Å². The molecule has 12 heteroatoms. The van der Waals surface area contributed by atoms with E-state index in [4.69, 9.17) is 4.74 Å². The van der Waals surface area contributed by atoms with Gasteiger partial charge in [0.05, 0.1) is 43.1 Å². The minimum absolute atomic E-state index is 0.0469. The number of aliphatic hydroxyl groups is 1. The summed E-state index contributed by atoms with van der Waals surface area (Å²) in [5, 5.41) is 20.7. The Kier molecular flexibility index (Phi) is 7.28. The van der Waals surface area contributed by atoms with Crippen molar-refractivity contribution in [3.63, 3.8) is 0 Å². The number of amides is 1. The zero-order valence-electron chi connectivity index (χ0n) is 19.9. The summed E-state index contributed by atoms with van der Waals surface area (Å²) in [6, 6.07) is 3.23. The molecule has 1 saturated carbocycles. The zero-order chi connectivity index (χ0) is 25.1. The second-order valence-corrected chi connectivity index (χ2v) is 10.1. The molecule has 10 nitrogen and oxygen atoms in total. The molecule has 1 aromatic carbocycles. The topological polar surface area (TPSA) is 134 Å². The van der Waals surface area contributed by atoms with Crippen molar-refractivity contribution in [3.05, 3.63) is 41.6 Å². The zero-order valence-corrected chi connectivity index (χ0v) is 20.7. The molecule has 0 bridgehead atoms. The number of methoxy groups -OCH3 is 1. The van der Waals surface area contributed by atoms with Crippen LogP contribution in [-0.4, -0.2) is 62.0 Å². The molecule has 0 spiro atoms. The fourth-order valence-electron chi connectivity index (χ4n) is 4.64. The monoisotopic (exact) mass is 513 g/mol. The van der Waals surface area contributed by atoms with E-state index < -0.39 is 5.54 Å². The van der Waals surface area contributed by atoms with Gasteiger partial charge in [-0.25, -0.2) is 24.3 Å². The first-order chi connectivity index (χ1) is 17.5. The number of nitrogens with zero attached hydrogens (tertiary/aromatic N) is 4. The number of ether oxygens (including phenoxy) is 1. The highest BCUT2D eigenvalue weighted by molar-refractivity contribution is 8.00. The number of carbonyl (C=O) groups is 1. The molecule has 1 amide bonds. The summed E-state index contributed by atoms with van der Waals surface area (Å²) in [5.41, 5.74) is 1.70. The van der Waals surface area contributed by atoms with Crippen molar-refractivity contribution < 1.29 is 19.0 Å². The van der Waals surface area contributed by atoms with Crippen LogP contribution in [0.4, 0.5) is 10.2 Å². The highest BCUT2D eigenvalue weighted by atomic mass is 32.2. The molecule has 4 N–H and O–H groups in total. The fourth-order valence-corrected chi connectivity index (χ4v) is 5.34. The van der Waals surface area contributed by atoms with Crippen LogP contribution in [0.2, 0.25) is 0 Å². The highest BCUT2D eigenvalue weighted by Crippen LogP contribution is 2.31. The number of benzene rings is 1. The Bertz CT molecular complexity index is 1270. The molecule has 0 saturated heterocycles. The van der Waals surface area contributed by atoms with Gasteiger partial charge in [-0.3, -0.25) is 4.79 Å². The summed E-state index contributed by atoms with van der Waals surface area (Å²) in [6.45, 7) is 0.708. The molecule has 3 aromatic rings. The van der Waals surface area contributed by atoms with Gasteiger partial charge in [0, 0.05) is 30.2 Å². The van der Waals surface area contributed by atoms with Crippen LogP contribution in [0.3, 0.4) is 0 Å². The molecule has 2 aliphatic rings. The van der Waals surface area contributed by atoms with Crippen LogP contribution in [0, 0.1) is 5.82 Å². The minimum Gasteiger partial charge on any atom is -0.480 e. The van der Waals surface area contributed by atoms with Gasteiger partial charge in [0.2, 0.25) is 11.8 Å². The van der Waals surface area contributed by atoms with Crippen LogP contribution >= 0.6 is 11.8 Å². The average Bonchev–Trinajstić information content (AvgIpc) is 2.91. The van der Waals surface area contributed by atoms with E-state index in [1.807, 2.05) is 0 Å². The van der Waals surface area contributed by atoms with Crippen LogP contribution in [-0.2, 0) is 17.9 Å². The Balaban J connectivity index is 1.19. The van der Waals surface area contributed by atoms with Crippen molar-refractivity contribution in [3.8, 4) is 5.88 Å². The van der Waals surface area contributed by atoms with Gasteiger partial charge in [0.15, 0.2) is 5.82 Å². The molecule has 2 aromatic heterocycles. The molecule has 0 radical (unpaired) electrons. The Labute approximate surface area is 211 Å². The van der Waals surface area contributed by atoms with Crippen LogP contribution in [0.15, 0.2) is 29.6 Å². The number of hydrogen-bond acceptors (Lipinski definition) is 10. The lowest BCUT2D eigenvalue weighted by atomic mass is 9.79. The first-order valence-electron chi connectivity index (χ1n) is 11.8. The molecular weight excluding hydrogens is 485 g/mol. The van der Waals surface area contributed by atoms with E-state index in [1.165, 1.54) is 31.1 Å². The number of rotatable bonds is 8. The molecule has 0 atom stereocenters. The van der Waals surface area contributed by atoms with Gasteiger partial charge >= 0.3 is 0 Å². The van der Waals surface area contributed by atoms with E-state index >= 15 is 0 Å². The maximum atomic E-state index is 14.7. The first kappa shape index (κ1) is 24.8. The number of hydrogen-bond donors (Lipinski definition) is 4. The maximum Gasteiger partial charge on any atom is 0.236 e. The summed E-state index contributed by atoms with van der Waals surface area (Å²) in [4.78, 5) is 29.2. The van der Waals surface area contributed by atoms with E-state index in [-0.39, 0.29) is 30.9 Å². The summed E-state index contributed by atoms with van der Waals surface area (Å²) in [6.07, 6.45) is 6.37. The van der Waals surface area contributed by atoms with Crippen LogP contribution in [0.5, 0.6) is 5.88 Å². The van der Waals surface area contributed by atoms with Crippen molar-refractivity contribution in [2.45, 2.75) is 55.4 Å². The number of thioether (sulfide) groups is 1. The number of aliphatic hydroxyl groups excluding tert-OH is 1. The molecular formula is C24H28FN7O3S. The predicted molar refractivity (Wildman–Crippen MR) is 133 cm³/mol. The van der Waals surface area contributed by atoms with Crippen LogP contribution in [0.1, 0.15) is 36.9 Å². The van der Waals surface area contributed by atoms with Gasteiger partial charge in [-0.1, -0.05) is 11.8 Å². The van der Waals surface area contributed by atoms with E-state index in [1.54, 1.807) is 12.3 Å². The smallest absolute Gasteiger partial charge is 0.236 e. The number of fused-ring (bicyclic) bond motifs is 2. The summed E-state index contributed by atoms with van der Waals surface area (Å²) >= 11 is 1.39. The van der Waals surface area contributed by atoms with Crippen LogP contribution < -0.4 is 20.7 Å². The first-order valence-corrected chi connectivity index (χ1v) is 12.8. The lowest BCUT2D eigenvalue weighted by Crippen LogP contribution is -2.53. The second-order valence-electron chi connectivity index (χ2n) is 9.11. The quantitative estimate of drug-likeness (QED) is 0.355. The standard InChI is InChI=1S/C24H28FN7O3S/c1-35-20-11-27-18-3-2-17(25)16(21(18)32-20)10-29-24(13-33)6-4-14(5-7-24)26-8-15-9-28-23-22(30-15)31-19(34)12-36-23/h2-3,9,11,14,26,29,33H,4-8,10,12-13H2,1H3,(H,30,31,34). The lowest BCUT2D eigenvalue weighted by Gasteiger charge is -2.40. The molecule has 190 valence electrons. The van der Waals surface area contributed by atoms with Crippen molar-refractivity contribution >= 4 is 34.5 Å². The van der Waals surface area contributed by atoms with Crippen molar-refractivity contribution in [1.82, 2.24) is 30.6 Å². The molecule has 1 fully saturated rings. The maximum absolute atomic E-state index is 14.7. The summed E-state index contributed by atoms with van der Waals surface area (Å²) in [7, 11) is 1.50. The average molecular weight is 514 g/mol.